The normalized spacial score (nSPS) is 16.3. The van der Waals surface area contributed by atoms with Gasteiger partial charge in [0.2, 0.25) is 10.0 Å². The fraction of sp³-hybridized carbons (Fsp3) is 0.368. The third-order valence-corrected chi connectivity index (χ3v) is 6.77. The number of halogens is 1. The van der Waals surface area contributed by atoms with Gasteiger partial charge in [-0.15, -0.1) is 0 Å². The maximum absolute atomic E-state index is 13.7. The van der Waals surface area contributed by atoms with Gasteiger partial charge in [0, 0.05) is 39.4 Å². The molecule has 2 aromatic rings. The summed E-state index contributed by atoms with van der Waals surface area (Å²) in [6.07, 6.45) is 0.411. The van der Waals surface area contributed by atoms with E-state index in [1.807, 2.05) is 0 Å². The van der Waals surface area contributed by atoms with Crippen LogP contribution in [0.5, 0.6) is 5.75 Å². The Morgan fingerprint density at radius 2 is 1.80 bits per heavy atom. The van der Waals surface area contributed by atoms with E-state index in [9.17, 15) is 22.4 Å². The van der Waals surface area contributed by atoms with Crippen molar-refractivity contribution in [2.75, 3.05) is 26.2 Å². The molecular formula is C19H23FN4O5S. The molecule has 1 atom stereocenters. The van der Waals surface area contributed by atoms with E-state index in [4.69, 9.17) is 10.5 Å². The SMILES string of the molecule is CC(Oc1ccccc1F)C(=O)N1CCN(S(=O)(=O)c2cc(C(N)=O)n(C)c2)CC1. The second-order valence-electron chi connectivity index (χ2n) is 6.96. The average Bonchev–Trinajstić information content (AvgIpc) is 3.12. The first-order valence-corrected chi connectivity index (χ1v) is 10.7. The van der Waals surface area contributed by atoms with E-state index in [-0.39, 0.29) is 48.4 Å². The number of carbonyl (C=O) groups is 2. The molecule has 0 radical (unpaired) electrons. The average molecular weight is 438 g/mol. The Bertz CT molecular complexity index is 1060. The van der Waals surface area contributed by atoms with Crippen LogP contribution in [-0.2, 0) is 21.9 Å². The Morgan fingerprint density at radius 3 is 2.37 bits per heavy atom. The predicted molar refractivity (Wildman–Crippen MR) is 106 cm³/mol. The van der Waals surface area contributed by atoms with Gasteiger partial charge in [0.15, 0.2) is 17.7 Å². The number of hydrogen-bond donors (Lipinski definition) is 1. The molecule has 2 heterocycles. The maximum Gasteiger partial charge on any atom is 0.265 e. The first kappa shape index (κ1) is 21.8. The standard InChI is InChI=1S/C19H23FN4O5S/c1-13(29-17-6-4-3-5-15(17)20)19(26)23-7-9-24(10-8-23)30(27,28)14-11-16(18(21)25)22(2)12-14/h3-6,11-13H,7-10H2,1-2H3,(H2,21,25). The zero-order valence-electron chi connectivity index (χ0n) is 16.6. The van der Waals surface area contributed by atoms with Gasteiger partial charge in [-0.2, -0.15) is 4.31 Å². The molecule has 1 unspecified atom stereocenters. The molecule has 0 aliphatic carbocycles. The molecule has 1 saturated heterocycles. The maximum atomic E-state index is 13.7. The number of piperazine rings is 1. The Morgan fingerprint density at radius 1 is 1.17 bits per heavy atom. The van der Waals surface area contributed by atoms with Gasteiger partial charge in [-0.05, 0) is 25.1 Å². The number of aryl methyl sites for hydroxylation is 1. The fourth-order valence-corrected chi connectivity index (χ4v) is 4.75. The van der Waals surface area contributed by atoms with E-state index in [0.717, 1.165) is 0 Å². The van der Waals surface area contributed by atoms with Crippen molar-refractivity contribution in [3.63, 3.8) is 0 Å². The molecule has 30 heavy (non-hydrogen) atoms. The van der Waals surface area contributed by atoms with Gasteiger partial charge in [0.1, 0.15) is 10.6 Å². The Labute approximate surface area is 173 Å². The van der Waals surface area contributed by atoms with Crippen LogP contribution in [0.2, 0.25) is 0 Å². The van der Waals surface area contributed by atoms with Gasteiger partial charge in [-0.25, -0.2) is 12.8 Å². The van der Waals surface area contributed by atoms with Crippen molar-refractivity contribution < 1.29 is 27.1 Å². The van der Waals surface area contributed by atoms with E-state index < -0.39 is 27.9 Å². The number of sulfonamides is 1. The number of amides is 2. The van der Waals surface area contributed by atoms with Gasteiger partial charge >= 0.3 is 0 Å². The summed E-state index contributed by atoms with van der Waals surface area (Å²) in [7, 11) is -2.30. The largest absolute Gasteiger partial charge is 0.478 e. The molecule has 11 heteroatoms. The summed E-state index contributed by atoms with van der Waals surface area (Å²) in [5, 5.41) is 0. The monoisotopic (exact) mass is 438 g/mol. The highest BCUT2D eigenvalue weighted by atomic mass is 32.2. The number of hydrogen-bond acceptors (Lipinski definition) is 5. The minimum atomic E-state index is -3.83. The van der Waals surface area contributed by atoms with E-state index in [0.29, 0.717) is 0 Å². The molecule has 1 fully saturated rings. The van der Waals surface area contributed by atoms with Crippen LogP contribution in [0.1, 0.15) is 17.4 Å². The van der Waals surface area contributed by atoms with E-state index in [1.54, 1.807) is 6.07 Å². The molecule has 2 amide bonds. The number of nitrogens with zero attached hydrogens (tertiary/aromatic N) is 3. The summed E-state index contributed by atoms with van der Waals surface area (Å²) in [6.45, 7) is 2.02. The van der Waals surface area contributed by atoms with Gasteiger partial charge in [-0.1, -0.05) is 12.1 Å². The predicted octanol–water partition coefficient (Wildman–Crippen LogP) is 0.564. The van der Waals surface area contributed by atoms with Crippen LogP contribution in [0.3, 0.4) is 0 Å². The number of rotatable bonds is 6. The summed E-state index contributed by atoms with van der Waals surface area (Å²) in [5.74, 6) is -1.66. The highest BCUT2D eigenvalue weighted by Crippen LogP contribution is 2.21. The van der Waals surface area contributed by atoms with Crippen molar-refractivity contribution in [1.82, 2.24) is 13.8 Å². The fourth-order valence-electron chi connectivity index (χ4n) is 3.26. The zero-order valence-corrected chi connectivity index (χ0v) is 17.4. The quantitative estimate of drug-likeness (QED) is 0.708. The van der Waals surface area contributed by atoms with Crippen molar-refractivity contribution in [1.29, 1.82) is 0 Å². The number of carbonyl (C=O) groups excluding carboxylic acids is 2. The highest BCUT2D eigenvalue weighted by Gasteiger charge is 2.33. The lowest BCUT2D eigenvalue weighted by Crippen LogP contribution is -2.53. The molecule has 1 aromatic carbocycles. The summed E-state index contributed by atoms with van der Waals surface area (Å²) in [4.78, 5) is 25.5. The van der Waals surface area contributed by atoms with Crippen LogP contribution in [0, 0.1) is 5.82 Å². The highest BCUT2D eigenvalue weighted by molar-refractivity contribution is 7.89. The smallest absolute Gasteiger partial charge is 0.265 e. The lowest BCUT2D eigenvalue weighted by Gasteiger charge is -2.35. The van der Waals surface area contributed by atoms with Crippen LogP contribution < -0.4 is 10.5 Å². The van der Waals surface area contributed by atoms with Crippen molar-refractivity contribution in [2.24, 2.45) is 12.8 Å². The van der Waals surface area contributed by atoms with E-state index in [2.05, 4.69) is 0 Å². The molecule has 162 valence electrons. The molecule has 3 rings (SSSR count). The minimum absolute atomic E-state index is 0.0195. The summed E-state index contributed by atoms with van der Waals surface area (Å²) >= 11 is 0. The molecule has 9 nitrogen and oxygen atoms in total. The van der Waals surface area contributed by atoms with Gasteiger partial charge in [0.05, 0.1) is 0 Å². The molecule has 1 aliphatic rings. The number of primary amides is 1. The summed E-state index contributed by atoms with van der Waals surface area (Å²) < 4.78 is 47.5. The molecule has 0 spiro atoms. The summed E-state index contributed by atoms with van der Waals surface area (Å²) in [6, 6.07) is 7.03. The lowest BCUT2D eigenvalue weighted by atomic mass is 10.2. The summed E-state index contributed by atoms with van der Waals surface area (Å²) in [5.41, 5.74) is 5.33. The van der Waals surface area contributed by atoms with E-state index >= 15 is 0 Å². The van der Waals surface area contributed by atoms with Crippen LogP contribution in [0.15, 0.2) is 41.4 Å². The number of benzene rings is 1. The third kappa shape index (κ3) is 4.31. The molecular weight excluding hydrogens is 415 g/mol. The van der Waals surface area contributed by atoms with Crippen LogP contribution in [0.4, 0.5) is 4.39 Å². The minimum Gasteiger partial charge on any atom is -0.478 e. The number of para-hydroxylation sites is 1. The third-order valence-electron chi connectivity index (χ3n) is 4.91. The Balaban J connectivity index is 1.63. The topological polar surface area (TPSA) is 115 Å². The van der Waals surface area contributed by atoms with Crippen LogP contribution in [0.25, 0.3) is 0 Å². The van der Waals surface area contributed by atoms with Crippen molar-refractivity contribution >= 4 is 21.8 Å². The number of nitrogens with two attached hydrogens (primary N) is 1. The van der Waals surface area contributed by atoms with Gasteiger partial charge < -0.3 is 19.9 Å². The van der Waals surface area contributed by atoms with Crippen LogP contribution in [-0.4, -0.2) is 66.3 Å². The first-order valence-electron chi connectivity index (χ1n) is 9.27. The van der Waals surface area contributed by atoms with Crippen molar-refractivity contribution in [2.45, 2.75) is 17.9 Å². The molecule has 2 N–H and O–H groups in total. The molecule has 1 aliphatic heterocycles. The second-order valence-corrected chi connectivity index (χ2v) is 8.89. The molecule has 1 aromatic heterocycles. The second kappa shape index (κ2) is 8.44. The number of ether oxygens (including phenoxy) is 1. The van der Waals surface area contributed by atoms with Crippen molar-refractivity contribution in [3.05, 3.63) is 48.0 Å². The van der Waals surface area contributed by atoms with E-state index in [1.165, 1.54) is 58.2 Å². The molecule has 0 bridgehead atoms. The Kier molecular flexibility index (Phi) is 6.13. The first-order chi connectivity index (χ1) is 14.1. The van der Waals surface area contributed by atoms with Crippen molar-refractivity contribution in [3.8, 4) is 5.75 Å². The zero-order chi connectivity index (χ0) is 22.1. The number of aromatic nitrogens is 1. The lowest BCUT2D eigenvalue weighted by molar-refractivity contribution is -0.139. The van der Waals surface area contributed by atoms with Gasteiger partial charge in [0.25, 0.3) is 11.8 Å². The Hall–Kier alpha value is -2.92. The van der Waals surface area contributed by atoms with Crippen LogP contribution >= 0.6 is 0 Å². The molecule has 0 saturated carbocycles. The van der Waals surface area contributed by atoms with Gasteiger partial charge in [-0.3, -0.25) is 9.59 Å².